The van der Waals surface area contributed by atoms with Crippen LogP contribution in [0, 0.1) is 28.6 Å². The van der Waals surface area contributed by atoms with E-state index >= 15 is 8.78 Å². The van der Waals surface area contributed by atoms with Crippen LogP contribution in [0.3, 0.4) is 0 Å². The minimum Gasteiger partial charge on any atom is -0.450 e. The highest BCUT2D eigenvalue weighted by Gasteiger charge is 2.78. The summed E-state index contributed by atoms with van der Waals surface area (Å²) in [5, 5.41) is 11.3. The standard InChI is InChI=1S/C25H30ClF3O5/c1-5-19(33)34-25(18(32)11-26)12(2)8-13-14-9-15(27)20-21(28)16(30)6-7-22(20,3)24(14,29)17(31)10-23(13,25)4/h6-7,12-15,17,31H,5,8-11H2,1-4H3/t12?,13-,14-,15?,17?,22-,23-,24-,25-/m0/s1. The van der Waals surface area contributed by atoms with E-state index in [1.54, 1.807) is 20.8 Å². The molecule has 0 saturated heterocycles. The Morgan fingerprint density at radius 1 is 1.26 bits per heavy atom. The molecule has 9 atom stereocenters. The van der Waals surface area contributed by atoms with Crippen molar-refractivity contribution in [2.24, 2.45) is 28.6 Å². The number of carbonyl (C=O) groups excluding carboxylic acids is 3. The second kappa shape index (κ2) is 7.92. The van der Waals surface area contributed by atoms with E-state index in [1.165, 1.54) is 6.92 Å². The highest BCUT2D eigenvalue weighted by atomic mass is 35.5. The lowest BCUT2D eigenvalue weighted by Gasteiger charge is -2.63. The lowest BCUT2D eigenvalue weighted by molar-refractivity contribution is -0.230. The summed E-state index contributed by atoms with van der Waals surface area (Å²) in [4.78, 5) is 37.6. The highest BCUT2D eigenvalue weighted by Crippen LogP contribution is 2.72. The molecule has 4 aliphatic carbocycles. The Morgan fingerprint density at radius 3 is 2.50 bits per heavy atom. The molecule has 3 saturated carbocycles. The number of aliphatic hydroxyl groups is 1. The molecule has 0 radical (unpaired) electrons. The maximum Gasteiger partial charge on any atom is 0.306 e. The van der Waals surface area contributed by atoms with Crippen LogP contribution in [0.1, 0.15) is 53.4 Å². The fourth-order valence-electron chi connectivity index (χ4n) is 7.84. The Morgan fingerprint density at radius 2 is 1.91 bits per heavy atom. The average molecular weight is 503 g/mol. The van der Waals surface area contributed by atoms with Gasteiger partial charge in [-0.2, -0.15) is 0 Å². The molecule has 0 amide bonds. The average Bonchev–Trinajstić information content (AvgIpc) is 3.00. The first-order valence-electron chi connectivity index (χ1n) is 11.7. The number of fused-ring (bicyclic) bond motifs is 5. The summed E-state index contributed by atoms with van der Waals surface area (Å²) in [6, 6.07) is 0. The van der Waals surface area contributed by atoms with Gasteiger partial charge in [0.1, 0.15) is 6.17 Å². The third kappa shape index (κ3) is 2.81. The predicted octanol–water partition coefficient (Wildman–Crippen LogP) is 4.35. The summed E-state index contributed by atoms with van der Waals surface area (Å²) in [6.45, 7) is 6.27. The first kappa shape index (κ1) is 25.4. The summed E-state index contributed by atoms with van der Waals surface area (Å²) in [7, 11) is 0. The zero-order chi connectivity index (χ0) is 25.4. The third-order valence-corrected chi connectivity index (χ3v) is 9.59. The molecule has 5 nitrogen and oxygen atoms in total. The second-order valence-electron chi connectivity index (χ2n) is 10.7. The van der Waals surface area contributed by atoms with Gasteiger partial charge < -0.3 is 9.84 Å². The number of alkyl halides is 3. The van der Waals surface area contributed by atoms with Crippen LogP contribution in [0.25, 0.3) is 0 Å². The first-order chi connectivity index (χ1) is 15.8. The van der Waals surface area contributed by atoms with Crippen molar-refractivity contribution in [1.29, 1.82) is 0 Å². The van der Waals surface area contributed by atoms with Crippen LogP contribution >= 0.6 is 11.6 Å². The number of esters is 1. The number of carbonyl (C=O) groups is 3. The van der Waals surface area contributed by atoms with Crippen LogP contribution in [0.15, 0.2) is 23.6 Å². The molecule has 4 rings (SSSR count). The van der Waals surface area contributed by atoms with Gasteiger partial charge in [-0.25, -0.2) is 13.2 Å². The number of hydrogen-bond donors (Lipinski definition) is 1. The molecule has 9 heteroatoms. The van der Waals surface area contributed by atoms with Crippen molar-refractivity contribution < 1.29 is 37.4 Å². The third-order valence-electron chi connectivity index (χ3n) is 9.35. The molecule has 3 unspecified atom stereocenters. The van der Waals surface area contributed by atoms with E-state index in [-0.39, 0.29) is 19.3 Å². The molecule has 3 fully saturated rings. The Balaban J connectivity index is 1.90. The Kier molecular flexibility index (Phi) is 5.92. The molecule has 188 valence electrons. The van der Waals surface area contributed by atoms with Gasteiger partial charge in [-0.3, -0.25) is 14.4 Å². The van der Waals surface area contributed by atoms with E-state index in [9.17, 15) is 23.9 Å². The minimum atomic E-state index is -2.50. The van der Waals surface area contributed by atoms with E-state index in [0.717, 1.165) is 12.2 Å². The number of allylic oxidation sites excluding steroid dienone is 4. The lowest BCUT2D eigenvalue weighted by atomic mass is 9.44. The van der Waals surface area contributed by atoms with Crippen molar-refractivity contribution >= 4 is 29.1 Å². The minimum absolute atomic E-state index is 0.000688. The van der Waals surface area contributed by atoms with Crippen LogP contribution in [-0.2, 0) is 19.1 Å². The molecular formula is C25H30ClF3O5. The van der Waals surface area contributed by atoms with Crippen LogP contribution in [0.2, 0.25) is 0 Å². The van der Waals surface area contributed by atoms with Gasteiger partial charge in [0.2, 0.25) is 5.78 Å². The van der Waals surface area contributed by atoms with Crippen molar-refractivity contribution in [3.63, 3.8) is 0 Å². The van der Waals surface area contributed by atoms with Crippen molar-refractivity contribution in [3.8, 4) is 0 Å². The fraction of sp³-hybridized carbons (Fsp3) is 0.720. The molecule has 0 bridgehead atoms. The molecule has 0 aromatic rings. The van der Waals surface area contributed by atoms with E-state index in [4.69, 9.17) is 16.3 Å². The summed E-state index contributed by atoms with van der Waals surface area (Å²) in [5.41, 5.74) is -7.90. The zero-order valence-electron chi connectivity index (χ0n) is 19.7. The van der Waals surface area contributed by atoms with E-state index < -0.39 is 93.4 Å². The maximum atomic E-state index is 17.2. The Bertz CT molecular complexity index is 1010. The second-order valence-corrected chi connectivity index (χ2v) is 11.0. The number of aliphatic hydroxyl groups excluding tert-OH is 1. The van der Waals surface area contributed by atoms with Crippen molar-refractivity contribution in [2.75, 3.05) is 5.88 Å². The quantitative estimate of drug-likeness (QED) is 0.456. The first-order valence-corrected chi connectivity index (χ1v) is 12.3. The number of Topliss-reactive ketones (excluding diaryl/α,β-unsaturated/α-hetero) is 1. The molecule has 0 aromatic carbocycles. The molecule has 0 aliphatic heterocycles. The molecule has 4 aliphatic rings. The predicted molar refractivity (Wildman–Crippen MR) is 118 cm³/mol. The molecule has 1 N–H and O–H groups in total. The van der Waals surface area contributed by atoms with Crippen LogP contribution in [0.5, 0.6) is 0 Å². The largest absolute Gasteiger partial charge is 0.450 e. The summed E-state index contributed by atoms with van der Waals surface area (Å²) >= 11 is 5.95. The van der Waals surface area contributed by atoms with Crippen LogP contribution in [-0.4, -0.2) is 52.1 Å². The van der Waals surface area contributed by atoms with Gasteiger partial charge in [-0.05, 0) is 38.2 Å². The fourth-order valence-corrected chi connectivity index (χ4v) is 8.03. The van der Waals surface area contributed by atoms with Crippen molar-refractivity contribution in [1.82, 2.24) is 0 Å². The van der Waals surface area contributed by atoms with Crippen molar-refractivity contribution in [2.45, 2.75) is 76.9 Å². The van der Waals surface area contributed by atoms with E-state index in [0.29, 0.717) is 0 Å². The van der Waals surface area contributed by atoms with Gasteiger partial charge in [-0.15, -0.1) is 11.6 Å². The molecule has 0 aromatic heterocycles. The van der Waals surface area contributed by atoms with Gasteiger partial charge in [0, 0.05) is 34.7 Å². The van der Waals surface area contributed by atoms with Gasteiger partial charge in [-0.1, -0.05) is 26.8 Å². The monoisotopic (exact) mass is 502 g/mol. The summed E-state index contributed by atoms with van der Waals surface area (Å²) in [6.07, 6.45) is -2.17. The highest BCUT2D eigenvalue weighted by molar-refractivity contribution is 6.29. The number of halogens is 4. The molecule has 0 spiro atoms. The topological polar surface area (TPSA) is 80.7 Å². The lowest BCUT2D eigenvalue weighted by Crippen LogP contribution is -2.71. The molecule has 34 heavy (non-hydrogen) atoms. The van der Waals surface area contributed by atoms with Crippen LogP contribution < -0.4 is 0 Å². The van der Waals surface area contributed by atoms with E-state index in [1.807, 2.05) is 0 Å². The number of hydrogen-bond acceptors (Lipinski definition) is 5. The van der Waals surface area contributed by atoms with Gasteiger partial charge >= 0.3 is 5.97 Å². The Labute approximate surface area is 201 Å². The zero-order valence-corrected chi connectivity index (χ0v) is 20.4. The van der Waals surface area contributed by atoms with Crippen LogP contribution in [0.4, 0.5) is 13.2 Å². The molecule has 0 heterocycles. The SMILES string of the molecule is CCC(=O)O[C@]1(C(=O)CCl)C(C)C[C@H]2[C@@H]3CC(F)C4=C(F)C(=O)C=C[C@]4(C)[C@@]3(F)C(O)C[C@@]21C. The van der Waals surface area contributed by atoms with E-state index in [2.05, 4.69) is 0 Å². The number of ether oxygens (including phenoxy) is 1. The summed E-state index contributed by atoms with van der Waals surface area (Å²) < 4.78 is 53.3. The van der Waals surface area contributed by atoms with Crippen molar-refractivity contribution in [3.05, 3.63) is 23.6 Å². The summed E-state index contributed by atoms with van der Waals surface area (Å²) in [5.74, 6) is -6.32. The maximum absolute atomic E-state index is 17.2. The van der Waals surface area contributed by atoms with Gasteiger partial charge in [0.05, 0.1) is 12.0 Å². The number of rotatable bonds is 4. The Hall–Kier alpha value is -1.67. The smallest absolute Gasteiger partial charge is 0.306 e. The van der Waals surface area contributed by atoms with Gasteiger partial charge in [0.25, 0.3) is 0 Å². The van der Waals surface area contributed by atoms with Gasteiger partial charge in [0.15, 0.2) is 22.9 Å². The molecular weight excluding hydrogens is 473 g/mol. The number of ketones is 2. The normalized spacial score (nSPS) is 47.7.